The van der Waals surface area contributed by atoms with Gasteiger partial charge in [0.15, 0.2) is 0 Å². The van der Waals surface area contributed by atoms with Crippen LogP contribution >= 0.6 is 0 Å². The average Bonchev–Trinajstić information content (AvgIpc) is 2.57. The van der Waals surface area contributed by atoms with Crippen LogP contribution in [0.5, 0.6) is 0 Å². The summed E-state index contributed by atoms with van der Waals surface area (Å²) in [6, 6.07) is 3.92. The zero-order valence-electron chi connectivity index (χ0n) is 12.2. The molecule has 6 nitrogen and oxygen atoms in total. The molecule has 1 unspecified atom stereocenters. The molecule has 3 rings (SSSR count). The summed E-state index contributed by atoms with van der Waals surface area (Å²) < 4.78 is 5.37. The first kappa shape index (κ1) is 14.4. The van der Waals surface area contributed by atoms with Crippen LogP contribution in [-0.2, 0) is 16.1 Å². The lowest BCUT2D eigenvalue weighted by atomic mass is 10.2. The number of rotatable bonds is 3. The minimum atomic E-state index is -0.162. The molecule has 0 bridgehead atoms. The minimum absolute atomic E-state index is 0.162. The number of pyridine rings is 1. The lowest BCUT2D eigenvalue weighted by Gasteiger charge is -2.37. The van der Waals surface area contributed by atoms with Crippen LogP contribution in [0.1, 0.15) is 5.56 Å². The lowest BCUT2D eigenvalue weighted by Crippen LogP contribution is -2.57. The van der Waals surface area contributed by atoms with Gasteiger partial charge in [-0.25, -0.2) is 0 Å². The van der Waals surface area contributed by atoms with Gasteiger partial charge in [-0.3, -0.25) is 14.7 Å². The van der Waals surface area contributed by atoms with Crippen molar-refractivity contribution in [3.8, 4) is 0 Å². The van der Waals surface area contributed by atoms with Gasteiger partial charge in [0.25, 0.3) is 0 Å². The van der Waals surface area contributed by atoms with E-state index in [1.54, 1.807) is 0 Å². The van der Waals surface area contributed by atoms with Crippen molar-refractivity contribution >= 4 is 5.91 Å². The zero-order chi connectivity index (χ0) is 14.5. The molecule has 1 atom stereocenters. The van der Waals surface area contributed by atoms with E-state index >= 15 is 0 Å². The van der Waals surface area contributed by atoms with Gasteiger partial charge in [0.05, 0.1) is 13.2 Å². The van der Waals surface area contributed by atoms with E-state index in [-0.39, 0.29) is 11.9 Å². The third-order valence-corrected chi connectivity index (χ3v) is 4.06. The summed E-state index contributed by atoms with van der Waals surface area (Å²) in [7, 11) is 0. The first-order valence-electron chi connectivity index (χ1n) is 7.54. The SMILES string of the molecule is O=C(C1COCCN1)N1CCN(Cc2ccncc2)CC1. The number of nitrogens with one attached hydrogen (secondary N) is 1. The van der Waals surface area contributed by atoms with E-state index in [1.807, 2.05) is 29.4 Å². The number of piperazine rings is 1. The van der Waals surface area contributed by atoms with Crippen molar-refractivity contribution in [2.45, 2.75) is 12.6 Å². The Morgan fingerprint density at radius 2 is 2.05 bits per heavy atom. The Balaban J connectivity index is 1.47. The maximum absolute atomic E-state index is 12.4. The number of ether oxygens (including phenoxy) is 1. The van der Waals surface area contributed by atoms with Crippen molar-refractivity contribution in [3.05, 3.63) is 30.1 Å². The number of nitrogens with zero attached hydrogens (tertiary/aromatic N) is 3. The lowest BCUT2D eigenvalue weighted by molar-refractivity contribution is -0.138. The molecule has 2 aliphatic rings. The fraction of sp³-hybridized carbons (Fsp3) is 0.600. The summed E-state index contributed by atoms with van der Waals surface area (Å²) in [6.45, 7) is 6.31. The maximum atomic E-state index is 12.4. The van der Waals surface area contributed by atoms with Crippen molar-refractivity contribution in [1.82, 2.24) is 20.1 Å². The summed E-state index contributed by atoms with van der Waals surface area (Å²) in [6.07, 6.45) is 3.65. The van der Waals surface area contributed by atoms with Crippen LogP contribution < -0.4 is 5.32 Å². The van der Waals surface area contributed by atoms with Gasteiger partial charge in [-0.1, -0.05) is 0 Å². The van der Waals surface area contributed by atoms with E-state index < -0.39 is 0 Å². The highest BCUT2D eigenvalue weighted by molar-refractivity contribution is 5.82. The summed E-state index contributed by atoms with van der Waals surface area (Å²) >= 11 is 0. The van der Waals surface area contributed by atoms with Crippen molar-refractivity contribution in [3.63, 3.8) is 0 Å². The van der Waals surface area contributed by atoms with Crippen LogP contribution in [0.25, 0.3) is 0 Å². The quantitative estimate of drug-likeness (QED) is 0.829. The van der Waals surface area contributed by atoms with Gasteiger partial charge >= 0.3 is 0 Å². The predicted molar refractivity (Wildman–Crippen MR) is 78.7 cm³/mol. The van der Waals surface area contributed by atoms with Crippen molar-refractivity contribution in [1.29, 1.82) is 0 Å². The molecule has 1 N–H and O–H groups in total. The van der Waals surface area contributed by atoms with Crippen molar-refractivity contribution < 1.29 is 9.53 Å². The second kappa shape index (κ2) is 6.98. The highest BCUT2D eigenvalue weighted by Crippen LogP contribution is 2.09. The maximum Gasteiger partial charge on any atom is 0.242 e. The molecule has 3 heterocycles. The molecule has 0 aromatic carbocycles. The van der Waals surface area contributed by atoms with Gasteiger partial charge in [-0.15, -0.1) is 0 Å². The Morgan fingerprint density at radius 3 is 2.71 bits per heavy atom. The summed E-state index contributed by atoms with van der Waals surface area (Å²) in [5.41, 5.74) is 1.27. The standard InChI is InChI=1S/C15H22N4O2/c20-15(14-12-21-10-5-17-14)19-8-6-18(7-9-19)11-13-1-3-16-4-2-13/h1-4,14,17H,5-12H2. The van der Waals surface area contributed by atoms with E-state index in [9.17, 15) is 4.79 Å². The van der Waals surface area contributed by atoms with E-state index in [4.69, 9.17) is 4.74 Å². The molecule has 0 radical (unpaired) electrons. The van der Waals surface area contributed by atoms with Gasteiger partial charge in [-0.2, -0.15) is 0 Å². The number of hydrogen-bond donors (Lipinski definition) is 1. The number of amides is 1. The molecule has 1 aromatic rings. The van der Waals surface area contributed by atoms with Crippen LogP contribution in [0.4, 0.5) is 0 Å². The van der Waals surface area contributed by atoms with Crippen LogP contribution in [0.2, 0.25) is 0 Å². The average molecular weight is 290 g/mol. The molecule has 2 saturated heterocycles. The molecule has 0 aliphatic carbocycles. The Kier molecular flexibility index (Phi) is 4.80. The molecule has 6 heteroatoms. The van der Waals surface area contributed by atoms with Crippen LogP contribution in [0.3, 0.4) is 0 Å². The van der Waals surface area contributed by atoms with Gasteiger partial charge in [0.2, 0.25) is 5.91 Å². The number of carbonyl (C=O) groups excluding carboxylic acids is 1. The first-order valence-corrected chi connectivity index (χ1v) is 7.54. The van der Waals surface area contributed by atoms with E-state index in [1.165, 1.54) is 5.56 Å². The Bertz CT molecular complexity index is 454. The van der Waals surface area contributed by atoms with Gasteiger partial charge in [0, 0.05) is 51.7 Å². The molecule has 1 amide bonds. The third kappa shape index (κ3) is 3.78. The van der Waals surface area contributed by atoms with Gasteiger partial charge < -0.3 is 15.0 Å². The summed E-state index contributed by atoms with van der Waals surface area (Å²) in [5.74, 6) is 0.179. The third-order valence-electron chi connectivity index (χ3n) is 4.06. The fourth-order valence-electron chi connectivity index (χ4n) is 2.82. The predicted octanol–water partition coefficient (Wildman–Crippen LogP) is -0.286. The highest BCUT2D eigenvalue weighted by atomic mass is 16.5. The monoisotopic (exact) mass is 290 g/mol. The van der Waals surface area contributed by atoms with Crippen molar-refractivity contribution in [2.24, 2.45) is 0 Å². The largest absolute Gasteiger partial charge is 0.378 e. The molecule has 0 saturated carbocycles. The second-order valence-corrected chi connectivity index (χ2v) is 5.54. The number of hydrogen-bond acceptors (Lipinski definition) is 5. The molecular formula is C15H22N4O2. The molecule has 2 fully saturated rings. The van der Waals surface area contributed by atoms with Crippen molar-refractivity contribution in [2.75, 3.05) is 45.9 Å². The Hall–Kier alpha value is -1.50. The zero-order valence-corrected chi connectivity index (χ0v) is 12.2. The molecule has 21 heavy (non-hydrogen) atoms. The number of morpholine rings is 1. The fourth-order valence-corrected chi connectivity index (χ4v) is 2.82. The minimum Gasteiger partial charge on any atom is -0.378 e. The summed E-state index contributed by atoms with van der Waals surface area (Å²) in [4.78, 5) is 20.7. The Labute approximate surface area is 125 Å². The van der Waals surface area contributed by atoms with Crippen LogP contribution in [-0.4, -0.2) is 72.7 Å². The second-order valence-electron chi connectivity index (χ2n) is 5.54. The topological polar surface area (TPSA) is 57.7 Å². The normalized spacial score (nSPS) is 24.0. The molecule has 114 valence electrons. The Morgan fingerprint density at radius 1 is 1.29 bits per heavy atom. The summed E-state index contributed by atoms with van der Waals surface area (Å²) in [5, 5.41) is 3.23. The molecular weight excluding hydrogens is 268 g/mol. The van der Waals surface area contributed by atoms with Crippen LogP contribution in [0.15, 0.2) is 24.5 Å². The molecule has 0 spiro atoms. The van der Waals surface area contributed by atoms with Gasteiger partial charge in [-0.05, 0) is 17.7 Å². The molecule has 1 aromatic heterocycles. The smallest absolute Gasteiger partial charge is 0.242 e. The van der Waals surface area contributed by atoms with E-state index in [0.29, 0.717) is 13.2 Å². The number of carbonyl (C=O) groups is 1. The van der Waals surface area contributed by atoms with E-state index in [0.717, 1.165) is 39.3 Å². The number of aromatic nitrogens is 1. The first-order chi connectivity index (χ1) is 10.3. The van der Waals surface area contributed by atoms with E-state index in [2.05, 4.69) is 15.2 Å². The van der Waals surface area contributed by atoms with Crippen LogP contribution in [0, 0.1) is 0 Å². The highest BCUT2D eigenvalue weighted by Gasteiger charge is 2.28. The van der Waals surface area contributed by atoms with Gasteiger partial charge in [0.1, 0.15) is 6.04 Å². The molecule has 2 aliphatic heterocycles.